The van der Waals surface area contributed by atoms with Crippen LogP contribution in [0.25, 0.3) is 16.8 Å². The van der Waals surface area contributed by atoms with E-state index in [4.69, 9.17) is 4.74 Å². The number of anilines is 1. The summed E-state index contributed by atoms with van der Waals surface area (Å²) in [5, 5.41) is 25.8. The Morgan fingerprint density at radius 2 is 2.14 bits per heavy atom. The molecule has 8 heteroatoms. The molecule has 2 aromatic carbocycles. The Morgan fingerprint density at radius 1 is 1.36 bits per heavy atom. The van der Waals surface area contributed by atoms with Gasteiger partial charge in [-0.2, -0.15) is 5.26 Å². The van der Waals surface area contributed by atoms with Gasteiger partial charge >= 0.3 is 0 Å². The summed E-state index contributed by atoms with van der Waals surface area (Å²) in [6, 6.07) is 15.8. The van der Waals surface area contributed by atoms with Crippen LogP contribution in [-0.2, 0) is 0 Å². The molecule has 0 atom stereocenters. The Balaban J connectivity index is 1.78. The minimum atomic E-state index is -0.446. The fourth-order valence-electron chi connectivity index (χ4n) is 2.42. The normalized spacial score (nSPS) is 10.9. The number of nitrogens with one attached hydrogen (secondary N) is 1. The quantitative estimate of drug-likeness (QED) is 0.341. The van der Waals surface area contributed by atoms with Crippen molar-refractivity contribution in [3.63, 3.8) is 0 Å². The summed E-state index contributed by atoms with van der Waals surface area (Å²) in [5.41, 5.74) is 2.40. The standard InChI is InChI=1S/C20H16N4O3S/c1-2-27-18-8-6-16(7-9-18)22-12-15(11-21)20-23-19(13-28-20)14-4-3-5-17(10-14)24(25)26/h3-10,12-13,22H,2H2,1H3/b15-12+. The summed E-state index contributed by atoms with van der Waals surface area (Å²) in [5.74, 6) is 0.777. The maximum Gasteiger partial charge on any atom is 0.270 e. The molecule has 0 aliphatic carbocycles. The van der Waals surface area contributed by atoms with Crippen molar-refractivity contribution in [1.29, 1.82) is 5.26 Å². The molecule has 0 amide bonds. The monoisotopic (exact) mass is 392 g/mol. The van der Waals surface area contributed by atoms with Gasteiger partial charge in [-0.3, -0.25) is 10.1 Å². The number of rotatable bonds is 7. The second kappa shape index (κ2) is 8.79. The van der Waals surface area contributed by atoms with Crippen LogP contribution in [0.3, 0.4) is 0 Å². The molecule has 0 aliphatic rings. The van der Waals surface area contributed by atoms with Crippen molar-refractivity contribution in [3.05, 3.63) is 75.2 Å². The van der Waals surface area contributed by atoms with Crippen LogP contribution in [0.5, 0.6) is 5.75 Å². The molecule has 0 saturated carbocycles. The SMILES string of the molecule is CCOc1ccc(N/C=C(\C#N)c2nc(-c3cccc([N+](=O)[O-])c3)cs2)cc1. The first-order chi connectivity index (χ1) is 13.6. The van der Waals surface area contributed by atoms with Gasteiger partial charge in [-0.25, -0.2) is 4.98 Å². The highest BCUT2D eigenvalue weighted by Gasteiger charge is 2.12. The van der Waals surface area contributed by atoms with Crippen LogP contribution < -0.4 is 10.1 Å². The molecule has 1 aromatic heterocycles. The lowest BCUT2D eigenvalue weighted by atomic mass is 10.1. The maximum absolute atomic E-state index is 10.9. The fourth-order valence-corrected chi connectivity index (χ4v) is 3.21. The van der Waals surface area contributed by atoms with Crippen LogP contribution in [0, 0.1) is 21.4 Å². The van der Waals surface area contributed by atoms with Gasteiger partial charge in [0.2, 0.25) is 0 Å². The third-order valence-corrected chi connectivity index (χ3v) is 4.63. The van der Waals surface area contributed by atoms with E-state index in [-0.39, 0.29) is 5.69 Å². The molecule has 0 spiro atoms. The molecule has 1 heterocycles. The summed E-state index contributed by atoms with van der Waals surface area (Å²) in [6.45, 7) is 2.52. The largest absolute Gasteiger partial charge is 0.494 e. The minimum absolute atomic E-state index is 0.000245. The number of benzene rings is 2. The number of hydrogen-bond donors (Lipinski definition) is 1. The van der Waals surface area contributed by atoms with E-state index in [0.29, 0.717) is 28.4 Å². The highest BCUT2D eigenvalue weighted by Crippen LogP contribution is 2.28. The minimum Gasteiger partial charge on any atom is -0.494 e. The Morgan fingerprint density at radius 3 is 2.82 bits per heavy atom. The van der Waals surface area contributed by atoms with Crippen molar-refractivity contribution >= 4 is 28.3 Å². The lowest BCUT2D eigenvalue weighted by molar-refractivity contribution is -0.384. The van der Waals surface area contributed by atoms with Gasteiger partial charge in [-0.15, -0.1) is 11.3 Å². The van der Waals surface area contributed by atoms with E-state index < -0.39 is 4.92 Å². The first kappa shape index (κ1) is 19.1. The summed E-state index contributed by atoms with van der Waals surface area (Å²) in [6.07, 6.45) is 1.59. The molecule has 0 aliphatic heterocycles. The second-order valence-electron chi connectivity index (χ2n) is 5.62. The van der Waals surface area contributed by atoms with Crippen molar-refractivity contribution in [2.75, 3.05) is 11.9 Å². The van der Waals surface area contributed by atoms with Crippen LogP contribution in [0.4, 0.5) is 11.4 Å². The molecule has 7 nitrogen and oxygen atoms in total. The van der Waals surface area contributed by atoms with Gasteiger partial charge in [0.25, 0.3) is 5.69 Å². The Bertz CT molecular complexity index is 1050. The molecule has 3 rings (SSSR count). The molecule has 0 unspecified atom stereocenters. The van der Waals surface area contributed by atoms with Crippen molar-refractivity contribution in [3.8, 4) is 23.1 Å². The Hall–Kier alpha value is -3.70. The van der Waals surface area contributed by atoms with Crippen molar-refractivity contribution in [2.45, 2.75) is 6.92 Å². The number of nitriles is 1. The first-order valence-corrected chi connectivity index (χ1v) is 9.29. The van der Waals surface area contributed by atoms with Crippen LogP contribution in [-0.4, -0.2) is 16.5 Å². The van der Waals surface area contributed by atoms with Gasteiger partial charge in [0.1, 0.15) is 22.4 Å². The van der Waals surface area contributed by atoms with E-state index in [2.05, 4.69) is 16.4 Å². The second-order valence-corrected chi connectivity index (χ2v) is 6.47. The third-order valence-electron chi connectivity index (χ3n) is 3.76. The van der Waals surface area contributed by atoms with Gasteiger partial charge in [-0.05, 0) is 31.2 Å². The third kappa shape index (κ3) is 4.52. The Labute approximate surface area is 165 Å². The summed E-state index contributed by atoms with van der Waals surface area (Å²) in [7, 11) is 0. The van der Waals surface area contributed by atoms with Crippen molar-refractivity contribution in [1.82, 2.24) is 4.98 Å². The zero-order chi connectivity index (χ0) is 19.9. The lowest BCUT2D eigenvalue weighted by Gasteiger charge is -2.05. The number of nitro benzene ring substituents is 1. The predicted octanol–water partition coefficient (Wildman–Crippen LogP) is 5.09. The number of ether oxygens (including phenoxy) is 1. The van der Waals surface area contributed by atoms with E-state index in [1.54, 1.807) is 23.7 Å². The molecule has 0 bridgehead atoms. The van der Waals surface area contributed by atoms with Crippen molar-refractivity contribution < 1.29 is 9.66 Å². The maximum atomic E-state index is 10.9. The number of thiazole rings is 1. The highest BCUT2D eigenvalue weighted by molar-refractivity contribution is 7.11. The van der Waals surface area contributed by atoms with E-state index in [1.165, 1.54) is 23.5 Å². The number of allylic oxidation sites excluding steroid dienone is 1. The van der Waals surface area contributed by atoms with Gasteiger partial charge < -0.3 is 10.1 Å². The average molecular weight is 392 g/mol. The molecule has 28 heavy (non-hydrogen) atoms. The van der Waals surface area contributed by atoms with Gasteiger partial charge in [0.15, 0.2) is 0 Å². The molecule has 0 radical (unpaired) electrons. The van der Waals surface area contributed by atoms with E-state index in [0.717, 1.165) is 11.4 Å². The Kier molecular flexibility index (Phi) is 5.99. The van der Waals surface area contributed by atoms with Crippen LogP contribution in [0.2, 0.25) is 0 Å². The summed E-state index contributed by atoms with van der Waals surface area (Å²) >= 11 is 1.30. The summed E-state index contributed by atoms with van der Waals surface area (Å²) < 4.78 is 5.40. The molecular formula is C20H16N4O3S. The predicted molar refractivity (Wildman–Crippen MR) is 109 cm³/mol. The molecule has 1 N–H and O–H groups in total. The molecule has 140 valence electrons. The number of aromatic nitrogens is 1. The zero-order valence-electron chi connectivity index (χ0n) is 15.0. The topological polar surface area (TPSA) is 101 Å². The fraction of sp³-hybridized carbons (Fsp3) is 0.100. The highest BCUT2D eigenvalue weighted by atomic mass is 32.1. The van der Waals surface area contributed by atoms with E-state index >= 15 is 0 Å². The van der Waals surface area contributed by atoms with Gasteiger partial charge in [-0.1, -0.05) is 12.1 Å². The molecule has 3 aromatic rings. The summed E-state index contributed by atoms with van der Waals surface area (Å²) in [4.78, 5) is 14.9. The number of hydrogen-bond acceptors (Lipinski definition) is 7. The molecule has 0 fully saturated rings. The molecular weight excluding hydrogens is 376 g/mol. The van der Waals surface area contributed by atoms with Crippen LogP contribution in [0.15, 0.2) is 60.1 Å². The average Bonchev–Trinajstić information content (AvgIpc) is 3.20. The van der Waals surface area contributed by atoms with Gasteiger partial charge in [0, 0.05) is 35.0 Å². The van der Waals surface area contributed by atoms with E-state index in [1.807, 2.05) is 31.2 Å². The number of non-ortho nitro benzene ring substituents is 1. The first-order valence-electron chi connectivity index (χ1n) is 8.41. The van der Waals surface area contributed by atoms with Crippen LogP contribution in [0.1, 0.15) is 11.9 Å². The van der Waals surface area contributed by atoms with Crippen LogP contribution >= 0.6 is 11.3 Å². The number of nitro groups is 1. The smallest absolute Gasteiger partial charge is 0.270 e. The number of nitrogens with zero attached hydrogens (tertiary/aromatic N) is 3. The zero-order valence-corrected chi connectivity index (χ0v) is 15.8. The molecule has 0 saturated heterocycles. The van der Waals surface area contributed by atoms with Crippen molar-refractivity contribution in [2.24, 2.45) is 0 Å². The van der Waals surface area contributed by atoms with Gasteiger partial charge in [0.05, 0.1) is 17.2 Å². The lowest BCUT2D eigenvalue weighted by Crippen LogP contribution is -1.93. The van der Waals surface area contributed by atoms with E-state index in [9.17, 15) is 15.4 Å².